The molecule has 0 aromatic rings. The molecule has 0 spiro atoms. The molecular weight excluding hydrogens is 163 g/mol. The summed E-state index contributed by atoms with van der Waals surface area (Å²) >= 11 is 0. The summed E-state index contributed by atoms with van der Waals surface area (Å²) in [5.74, 6) is 0. The van der Waals surface area contributed by atoms with Crippen molar-refractivity contribution < 1.29 is 14.0 Å². The van der Waals surface area contributed by atoms with Gasteiger partial charge in [0.05, 0.1) is 0 Å². The SMILES string of the molecule is CCCCC(C)(C)O[P+](=O)[O-]. The molecule has 0 fully saturated rings. The molecule has 0 radical (unpaired) electrons. The second kappa shape index (κ2) is 4.81. The molecule has 3 nitrogen and oxygen atoms in total. The third-order valence-electron chi connectivity index (χ3n) is 1.45. The van der Waals surface area contributed by atoms with Crippen molar-refractivity contribution >= 4 is 8.25 Å². The van der Waals surface area contributed by atoms with Gasteiger partial charge < -0.3 is 4.89 Å². The van der Waals surface area contributed by atoms with Crippen molar-refractivity contribution in [3.05, 3.63) is 0 Å². The van der Waals surface area contributed by atoms with Crippen LogP contribution in [0.1, 0.15) is 40.0 Å². The zero-order chi connectivity index (χ0) is 8.91. The molecule has 0 rings (SSSR count). The Morgan fingerprint density at radius 1 is 1.55 bits per heavy atom. The Bertz CT molecular complexity index is 134. The number of hydrogen-bond acceptors (Lipinski definition) is 3. The highest BCUT2D eigenvalue weighted by Crippen LogP contribution is 2.26. The van der Waals surface area contributed by atoms with Gasteiger partial charge in [-0.2, -0.15) is 0 Å². The lowest BCUT2D eigenvalue weighted by Gasteiger charge is -2.17. The van der Waals surface area contributed by atoms with E-state index in [1.165, 1.54) is 0 Å². The van der Waals surface area contributed by atoms with E-state index in [9.17, 15) is 9.46 Å². The molecule has 0 aromatic heterocycles. The Hall–Kier alpha value is 0.0200. The van der Waals surface area contributed by atoms with E-state index in [2.05, 4.69) is 6.92 Å². The summed E-state index contributed by atoms with van der Waals surface area (Å²) in [7, 11) is -2.71. The van der Waals surface area contributed by atoms with Gasteiger partial charge in [-0.25, -0.2) is 0 Å². The van der Waals surface area contributed by atoms with Gasteiger partial charge in [-0.05, 0) is 24.8 Å². The van der Waals surface area contributed by atoms with E-state index in [0.29, 0.717) is 0 Å². The smallest absolute Gasteiger partial charge is 0.489 e. The fourth-order valence-corrected chi connectivity index (χ4v) is 1.34. The monoisotopic (exact) mass is 178 g/mol. The molecule has 0 saturated heterocycles. The molecule has 11 heavy (non-hydrogen) atoms. The minimum Gasteiger partial charge on any atom is -0.566 e. The van der Waals surface area contributed by atoms with E-state index >= 15 is 0 Å². The van der Waals surface area contributed by atoms with E-state index in [0.717, 1.165) is 19.3 Å². The van der Waals surface area contributed by atoms with Gasteiger partial charge in [-0.1, -0.05) is 19.8 Å². The highest BCUT2D eigenvalue weighted by Gasteiger charge is 2.25. The van der Waals surface area contributed by atoms with Crippen LogP contribution in [0.4, 0.5) is 0 Å². The highest BCUT2D eigenvalue weighted by atomic mass is 31.1. The van der Waals surface area contributed by atoms with Crippen LogP contribution in [-0.4, -0.2) is 5.60 Å². The quantitative estimate of drug-likeness (QED) is 0.605. The maximum Gasteiger partial charge on any atom is 0.489 e. The average Bonchev–Trinajstić information content (AvgIpc) is 1.81. The predicted molar refractivity (Wildman–Crippen MR) is 42.3 cm³/mol. The van der Waals surface area contributed by atoms with Crippen LogP contribution in [0, 0.1) is 0 Å². The molecule has 4 heteroatoms. The van der Waals surface area contributed by atoms with Gasteiger partial charge in [0.15, 0.2) is 0 Å². The van der Waals surface area contributed by atoms with E-state index < -0.39 is 13.9 Å². The van der Waals surface area contributed by atoms with Crippen molar-refractivity contribution in [3.63, 3.8) is 0 Å². The van der Waals surface area contributed by atoms with Gasteiger partial charge in [0.1, 0.15) is 5.60 Å². The summed E-state index contributed by atoms with van der Waals surface area (Å²) in [5.41, 5.74) is -0.523. The lowest BCUT2D eigenvalue weighted by atomic mass is 10.0. The van der Waals surface area contributed by atoms with Gasteiger partial charge in [0.2, 0.25) is 0 Å². The van der Waals surface area contributed by atoms with Crippen LogP contribution >= 0.6 is 8.25 Å². The first kappa shape index (κ1) is 11.0. The first-order chi connectivity index (χ1) is 4.98. The first-order valence-corrected chi connectivity index (χ1v) is 4.91. The zero-order valence-corrected chi connectivity index (χ0v) is 8.19. The van der Waals surface area contributed by atoms with E-state index in [-0.39, 0.29) is 0 Å². The molecule has 0 aliphatic carbocycles. The standard InChI is InChI=1S/C7H15O3P/c1-4-5-6-7(2,3)10-11(8)9/h4-6H2,1-3H3. The number of rotatable bonds is 5. The van der Waals surface area contributed by atoms with Crippen molar-refractivity contribution in [3.8, 4) is 0 Å². The Balaban J connectivity index is 3.70. The summed E-state index contributed by atoms with van der Waals surface area (Å²) in [6.07, 6.45) is 2.84. The summed E-state index contributed by atoms with van der Waals surface area (Å²) < 4.78 is 14.9. The fourth-order valence-electron chi connectivity index (χ4n) is 0.850. The zero-order valence-electron chi connectivity index (χ0n) is 7.29. The predicted octanol–water partition coefficient (Wildman–Crippen LogP) is 1.99. The summed E-state index contributed by atoms with van der Waals surface area (Å²) in [6, 6.07) is 0. The summed E-state index contributed by atoms with van der Waals surface area (Å²) in [4.78, 5) is 10.2. The molecule has 1 unspecified atom stereocenters. The molecule has 0 N–H and O–H groups in total. The molecule has 0 amide bonds. The Morgan fingerprint density at radius 2 is 2.09 bits per heavy atom. The van der Waals surface area contributed by atoms with Crippen molar-refractivity contribution in [1.82, 2.24) is 0 Å². The fraction of sp³-hybridized carbons (Fsp3) is 1.00. The maximum absolute atomic E-state index is 10.2. The van der Waals surface area contributed by atoms with Crippen LogP contribution in [-0.2, 0) is 9.09 Å². The molecule has 1 atom stereocenters. The van der Waals surface area contributed by atoms with Crippen LogP contribution in [0.25, 0.3) is 0 Å². The minimum absolute atomic E-state index is 0.523. The van der Waals surface area contributed by atoms with E-state index in [1.54, 1.807) is 13.8 Å². The van der Waals surface area contributed by atoms with Crippen LogP contribution < -0.4 is 4.89 Å². The lowest BCUT2D eigenvalue weighted by molar-refractivity contribution is -0.194. The Labute approximate surface area is 68.7 Å². The Kier molecular flexibility index (Phi) is 4.82. The molecule has 0 saturated carbocycles. The normalized spacial score (nSPS) is 13.3. The molecule has 0 heterocycles. The topological polar surface area (TPSA) is 49.4 Å². The Morgan fingerprint density at radius 3 is 2.45 bits per heavy atom. The van der Waals surface area contributed by atoms with Gasteiger partial charge >= 0.3 is 8.25 Å². The third kappa shape index (κ3) is 6.42. The van der Waals surface area contributed by atoms with Crippen molar-refractivity contribution in [2.24, 2.45) is 0 Å². The molecule has 0 bridgehead atoms. The van der Waals surface area contributed by atoms with Crippen LogP contribution in [0.2, 0.25) is 0 Å². The van der Waals surface area contributed by atoms with Crippen LogP contribution in [0.3, 0.4) is 0 Å². The van der Waals surface area contributed by atoms with Gasteiger partial charge in [-0.3, -0.25) is 0 Å². The van der Waals surface area contributed by atoms with Crippen molar-refractivity contribution in [2.45, 2.75) is 45.6 Å². The third-order valence-corrected chi connectivity index (χ3v) is 2.10. The number of unbranched alkanes of at least 4 members (excludes halogenated alkanes) is 1. The van der Waals surface area contributed by atoms with E-state index in [1.807, 2.05) is 0 Å². The van der Waals surface area contributed by atoms with Gasteiger partial charge in [0, 0.05) is 0 Å². The summed E-state index contributed by atoms with van der Waals surface area (Å²) in [6.45, 7) is 5.63. The maximum atomic E-state index is 10.2. The first-order valence-electron chi connectivity index (χ1n) is 3.81. The highest BCUT2D eigenvalue weighted by molar-refractivity contribution is 7.30. The number of hydrogen-bond donors (Lipinski definition) is 0. The molecular formula is C7H15O3P. The lowest BCUT2D eigenvalue weighted by Crippen LogP contribution is -2.22. The van der Waals surface area contributed by atoms with Gasteiger partial charge in [0.25, 0.3) is 0 Å². The molecule has 0 aliphatic heterocycles. The van der Waals surface area contributed by atoms with Crippen LogP contribution in [0.15, 0.2) is 0 Å². The molecule has 0 aliphatic rings. The van der Waals surface area contributed by atoms with Crippen molar-refractivity contribution in [2.75, 3.05) is 0 Å². The van der Waals surface area contributed by atoms with Gasteiger partial charge in [-0.15, -0.1) is 4.52 Å². The largest absolute Gasteiger partial charge is 0.566 e. The molecule has 66 valence electrons. The average molecular weight is 178 g/mol. The minimum atomic E-state index is -2.71. The second-order valence-electron chi connectivity index (χ2n) is 3.18. The summed E-state index contributed by atoms with van der Waals surface area (Å²) in [5, 5.41) is 0. The second-order valence-corrected chi connectivity index (χ2v) is 3.81. The van der Waals surface area contributed by atoms with E-state index in [4.69, 9.17) is 4.52 Å². The van der Waals surface area contributed by atoms with Crippen LogP contribution in [0.5, 0.6) is 0 Å². The molecule has 0 aromatic carbocycles. The van der Waals surface area contributed by atoms with Crippen molar-refractivity contribution in [1.29, 1.82) is 0 Å².